The SMILES string of the molecule is COC(=O)c1ccc(CN2C(=O)[C@](O)(c3ccc(C)cc3)c3ccccc32)cc1. The molecule has 1 aliphatic rings. The van der Waals surface area contributed by atoms with Gasteiger partial charge in [0, 0.05) is 5.56 Å². The number of esters is 1. The van der Waals surface area contributed by atoms with E-state index < -0.39 is 11.6 Å². The molecule has 0 aromatic heterocycles. The Kier molecular flexibility index (Phi) is 4.68. The van der Waals surface area contributed by atoms with Crippen molar-refractivity contribution in [2.24, 2.45) is 0 Å². The van der Waals surface area contributed by atoms with Gasteiger partial charge < -0.3 is 14.7 Å². The van der Waals surface area contributed by atoms with Crippen LogP contribution in [0.5, 0.6) is 0 Å². The molecule has 5 heteroatoms. The molecule has 0 spiro atoms. The lowest BCUT2D eigenvalue weighted by Gasteiger charge is -2.24. The van der Waals surface area contributed by atoms with Gasteiger partial charge in [0.05, 0.1) is 24.9 Å². The molecule has 0 bridgehead atoms. The number of hydrogen-bond donors (Lipinski definition) is 1. The minimum absolute atomic E-state index is 0.283. The number of ether oxygens (including phenoxy) is 1. The fourth-order valence-corrected chi connectivity index (χ4v) is 3.71. The number of methoxy groups -OCH3 is 1. The highest BCUT2D eigenvalue weighted by Crippen LogP contribution is 2.44. The fourth-order valence-electron chi connectivity index (χ4n) is 3.71. The fraction of sp³-hybridized carbons (Fsp3) is 0.167. The van der Waals surface area contributed by atoms with Crippen LogP contribution in [0.25, 0.3) is 0 Å². The molecule has 4 rings (SSSR count). The molecule has 1 aliphatic heterocycles. The molecule has 0 saturated carbocycles. The van der Waals surface area contributed by atoms with E-state index in [-0.39, 0.29) is 12.5 Å². The molecule has 146 valence electrons. The van der Waals surface area contributed by atoms with Crippen molar-refractivity contribution in [2.75, 3.05) is 12.0 Å². The standard InChI is InChI=1S/C24H21NO4/c1-16-7-13-19(14-8-16)24(28)20-5-3-4-6-21(20)25(23(24)27)15-17-9-11-18(12-10-17)22(26)29-2/h3-14,28H,15H2,1-2H3/t24-/m0/s1. The Morgan fingerprint density at radius 2 is 1.66 bits per heavy atom. The van der Waals surface area contributed by atoms with Gasteiger partial charge in [0.2, 0.25) is 0 Å². The van der Waals surface area contributed by atoms with E-state index in [4.69, 9.17) is 4.74 Å². The van der Waals surface area contributed by atoms with Gasteiger partial charge in [0.1, 0.15) is 0 Å². The molecule has 0 radical (unpaired) electrons. The number of hydrogen-bond acceptors (Lipinski definition) is 4. The minimum Gasteiger partial charge on any atom is -0.465 e. The summed E-state index contributed by atoms with van der Waals surface area (Å²) in [7, 11) is 1.34. The number of amides is 1. The second-order valence-corrected chi connectivity index (χ2v) is 7.17. The zero-order valence-electron chi connectivity index (χ0n) is 16.3. The summed E-state index contributed by atoms with van der Waals surface area (Å²) in [5.74, 6) is -0.799. The molecular formula is C24H21NO4. The maximum absolute atomic E-state index is 13.4. The number of fused-ring (bicyclic) bond motifs is 1. The van der Waals surface area contributed by atoms with Gasteiger partial charge >= 0.3 is 5.97 Å². The maximum Gasteiger partial charge on any atom is 0.337 e. The number of para-hydroxylation sites is 1. The zero-order valence-corrected chi connectivity index (χ0v) is 16.3. The number of benzene rings is 3. The van der Waals surface area contributed by atoms with Crippen LogP contribution in [-0.2, 0) is 21.7 Å². The van der Waals surface area contributed by atoms with Gasteiger partial charge in [-0.2, -0.15) is 0 Å². The van der Waals surface area contributed by atoms with Gasteiger partial charge in [-0.3, -0.25) is 4.79 Å². The van der Waals surface area contributed by atoms with Crippen molar-refractivity contribution in [1.29, 1.82) is 0 Å². The quantitative estimate of drug-likeness (QED) is 0.695. The molecule has 29 heavy (non-hydrogen) atoms. The maximum atomic E-state index is 13.4. The van der Waals surface area contributed by atoms with Crippen LogP contribution >= 0.6 is 0 Å². The first-order valence-corrected chi connectivity index (χ1v) is 9.33. The average molecular weight is 387 g/mol. The van der Waals surface area contributed by atoms with Crippen LogP contribution in [0.15, 0.2) is 72.8 Å². The normalized spacial score (nSPS) is 17.9. The third-order valence-electron chi connectivity index (χ3n) is 5.32. The molecule has 1 amide bonds. The van der Waals surface area contributed by atoms with Crippen molar-refractivity contribution in [3.8, 4) is 0 Å². The number of rotatable bonds is 4. The lowest BCUT2D eigenvalue weighted by molar-refractivity contribution is -0.132. The van der Waals surface area contributed by atoms with E-state index in [0.29, 0.717) is 22.4 Å². The van der Waals surface area contributed by atoms with Crippen molar-refractivity contribution in [2.45, 2.75) is 19.1 Å². The van der Waals surface area contributed by atoms with Crippen LogP contribution in [0.4, 0.5) is 5.69 Å². The second kappa shape index (κ2) is 7.18. The highest BCUT2D eigenvalue weighted by atomic mass is 16.5. The van der Waals surface area contributed by atoms with Crippen LogP contribution in [0.2, 0.25) is 0 Å². The van der Waals surface area contributed by atoms with Crippen LogP contribution in [-0.4, -0.2) is 24.1 Å². The molecule has 1 N–H and O–H groups in total. The molecule has 0 saturated heterocycles. The first-order valence-electron chi connectivity index (χ1n) is 9.33. The summed E-state index contributed by atoms with van der Waals surface area (Å²) >= 11 is 0. The predicted octanol–water partition coefficient (Wildman–Crippen LogP) is 3.56. The summed E-state index contributed by atoms with van der Waals surface area (Å²) < 4.78 is 4.72. The Labute approximate surface area is 169 Å². The lowest BCUT2D eigenvalue weighted by Crippen LogP contribution is -2.40. The molecule has 5 nitrogen and oxygen atoms in total. The van der Waals surface area contributed by atoms with Crippen molar-refractivity contribution in [3.63, 3.8) is 0 Å². The summed E-state index contributed by atoms with van der Waals surface area (Å²) in [4.78, 5) is 26.6. The Morgan fingerprint density at radius 3 is 2.31 bits per heavy atom. The highest BCUT2D eigenvalue weighted by molar-refractivity contribution is 6.09. The first-order chi connectivity index (χ1) is 13.9. The molecule has 3 aromatic rings. The Balaban J connectivity index is 1.71. The summed E-state index contributed by atoms with van der Waals surface area (Å²) in [6, 6.07) is 21.5. The molecule has 0 fully saturated rings. The lowest BCUT2D eigenvalue weighted by atomic mass is 9.87. The topological polar surface area (TPSA) is 66.8 Å². The average Bonchev–Trinajstić information content (AvgIpc) is 2.97. The summed E-state index contributed by atoms with van der Waals surface area (Å²) in [5, 5.41) is 11.5. The van der Waals surface area contributed by atoms with E-state index in [1.165, 1.54) is 7.11 Å². The van der Waals surface area contributed by atoms with Gasteiger partial charge in [-0.1, -0.05) is 60.2 Å². The zero-order chi connectivity index (χ0) is 20.6. The molecule has 0 aliphatic carbocycles. The molecule has 3 aromatic carbocycles. The Hall–Kier alpha value is -3.44. The molecule has 0 unspecified atom stereocenters. The number of nitrogens with zero attached hydrogens (tertiary/aromatic N) is 1. The van der Waals surface area contributed by atoms with Gasteiger partial charge in [-0.05, 0) is 36.2 Å². The van der Waals surface area contributed by atoms with Gasteiger partial charge in [0.25, 0.3) is 5.91 Å². The van der Waals surface area contributed by atoms with Gasteiger partial charge in [-0.15, -0.1) is 0 Å². The Bertz CT molecular complexity index is 1070. The van der Waals surface area contributed by atoms with Crippen molar-refractivity contribution < 1.29 is 19.4 Å². The monoisotopic (exact) mass is 387 g/mol. The summed E-state index contributed by atoms with van der Waals surface area (Å²) in [6.07, 6.45) is 0. The first kappa shape index (κ1) is 18.9. The third-order valence-corrected chi connectivity index (χ3v) is 5.32. The minimum atomic E-state index is -1.73. The Morgan fingerprint density at radius 1 is 1.00 bits per heavy atom. The van der Waals surface area contributed by atoms with Crippen LogP contribution < -0.4 is 4.90 Å². The van der Waals surface area contributed by atoms with E-state index in [1.807, 2.05) is 37.3 Å². The molecular weight excluding hydrogens is 366 g/mol. The third kappa shape index (κ3) is 3.09. The van der Waals surface area contributed by atoms with Gasteiger partial charge in [-0.25, -0.2) is 4.79 Å². The van der Waals surface area contributed by atoms with Crippen LogP contribution in [0, 0.1) is 6.92 Å². The highest BCUT2D eigenvalue weighted by Gasteiger charge is 2.50. The van der Waals surface area contributed by atoms with E-state index in [2.05, 4.69) is 0 Å². The number of anilines is 1. The smallest absolute Gasteiger partial charge is 0.337 e. The van der Waals surface area contributed by atoms with E-state index in [9.17, 15) is 14.7 Å². The second-order valence-electron chi connectivity index (χ2n) is 7.17. The van der Waals surface area contributed by atoms with Crippen molar-refractivity contribution >= 4 is 17.6 Å². The molecule has 1 heterocycles. The van der Waals surface area contributed by atoms with Crippen molar-refractivity contribution in [1.82, 2.24) is 0 Å². The van der Waals surface area contributed by atoms with E-state index in [0.717, 1.165) is 11.1 Å². The largest absolute Gasteiger partial charge is 0.465 e. The summed E-state index contributed by atoms with van der Waals surface area (Å²) in [6.45, 7) is 2.24. The van der Waals surface area contributed by atoms with Crippen LogP contribution in [0.1, 0.15) is 32.6 Å². The number of carbonyl (C=O) groups excluding carboxylic acids is 2. The van der Waals surface area contributed by atoms with E-state index in [1.54, 1.807) is 47.4 Å². The predicted molar refractivity (Wildman–Crippen MR) is 110 cm³/mol. The number of carbonyl (C=O) groups is 2. The number of aliphatic hydroxyl groups is 1. The summed E-state index contributed by atoms with van der Waals surface area (Å²) in [5.41, 5.74) is 2.41. The van der Waals surface area contributed by atoms with Gasteiger partial charge in [0.15, 0.2) is 5.60 Å². The molecule has 1 atom stereocenters. The van der Waals surface area contributed by atoms with E-state index >= 15 is 0 Å². The van der Waals surface area contributed by atoms with Crippen molar-refractivity contribution in [3.05, 3.63) is 101 Å². The number of aryl methyl sites for hydroxylation is 1. The van der Waals surface area contributed by atoms with Crippen LogP contribution in [0.3, 0.4) is 0 Å².